The molecule has 4 nitrogen and oxygen atoms in total. The Balaban J connectivity index is 2.24. The van der Waals surface area contributed by atoms with Crippen molar-refractivity contribution in [1.29, 1.82) is 0 Å². The van der Waals surface area contributed by atoms with Crippen molar-refractivity contribution in [2.24, 2.45) is 5.92 Å². The first kappa shape index (κ1) is 13.2. The second kappa shape index (κ2) is 6.68. The number of halogens is 1. The SMILES string of the molecule is Cc1[nH]ncc1C(=O)NCCCC(C)CBr. The summed E-state index contributed by atoms with van der Waals surface area (Å²) in [7, 11) is 0. The van der Waals surface area contributed by atoms with E-state index in [1.807, 2.05) is 6.92 Å². The minimum Gasteiger partial charge on any atom is -0.352 e. The third-order valence-electron chi connectivity index (χ3n) is 2.50. The van der Waals surface area contributed by atoms with Crippen molar-refractivity contribution in [3.63, 3.8) is 0 Å². The van der Waals surface area contributed by atoms with E-state index >= 15 is 0 Å². The molecule has 90 valence electrons. The van der Waals surface area contributed by atoms with Gasteiger partial charge in [-0.05, 0) is 25.7 Å². The Morgan fingerprint density at radius 1 is 1.69 bits per heavy atom. The fraction of sp³-hybridized carbons (Fsp3) is 0.636. The molecule has 0 spiro atoms. The van der Waals surface area contributed by atoms with Gasteiger partial charge < -0.3 is 5.32 Å². The van der Waals surface area contributed by atoms with Crippen LogP contribution >= 0.6 is 15.9 Å². The molecule has 1 unspecified atom stereocenters. The first-order chi connectivity index (χ1) is 7.65. The number of carbonyl (C=O) groups excluding carboxylic acids is 1. The second-order valence-electron chi connectivity index (χ2n) is 4.07. The summed E-state index contributed by atoms with van der Waals surface area (Å²) in [5, 5.41) is 10.5. The van der Waals surface area contributed by atoms with Gasteiger partial charge >= 0.3 is 0 Å². The summed E-state index contributed by atoms with van der Waals surface area (Å²) >= 11 is 3.44. The van der Waals surface area contributed by atoms with Crippen molar-refractivity contribution in [3.05, 3.63) is 17.5 Å². The normalized spacial score (nSPS) is 12.4. The van der Waals surface area contributed by atoms with Crippen LogP contribution in [0.15, 0.2) is 6.20 Å². The van der Waals surface area contributed by atoms with Crippen molar-refractivity contribution in [3.8, 4) is 0 Å². The molecule has 1 atom stereocenters. The van der Waals surface area contributed by atoms with E-state index in [0.29, 0.717) is 11.5 Å². The molecule has 0 aliphatic rings. The summed E-state index contributed by atoms with van der Waals surface area (Å²) in [5.41, 5.74) is 1.44. The summed E-state index contributed by atoms with van der Waals surface area (Å²) in [6.07, 6.45) is 3.69. The van der Waals surface area contributed by atoms with Gasteiger partial charge in [-0.3, -0.25) is 9.89 Å². The van der Waals surface area contributed by atoms with E-state index in [-0.39, 0.29) is 5.91 Å². The molecule has 1 rings (SSSR count). The van der Waals surface area contributed by atoms with Gasteiger partial charge in [0.1, 0.15) is 0 Å². The van der Waals surface area contributed by atoms with Gasteiger partial charge in [0.25, 0.3) is 5.91 Å². The first-order valence-corrected chi connectivity index (χ1v) is 6.61. The highest BCUT2D eigenvalue weighted by Gasteiger charge is 2.09. The Bertz CT molecular complexity index is 338. The Labute approximate surface area is 104 Å². The van der Waals surface area contributed by atoms with E-state index in [0.717, 1.165) is 30.4 Å². The predicted octanol–water partition coefficient (Wildman–Crippen LogP) is 2.26. The Morgan fingerprint density at radius 3 is 3.00 bits per heavy atom. The lowest BCUT2D eigenvalue weighted by Gasteiger charge is -2.07. The average Bonchev–Trinajstić information content (AvgIpc) is 2.70. The molecular weight excluding hydrogens is 270 g/mol. The summed E-state index contributed by atoms with van der Waals surface area (Å²) < 4.78 is 0. The molecule has 2 N–H and O–H groups in total. The number of hydrogen-bond acceptors (Lipinski definition) is 2. The van der Waals surface area contributed by atoms with Gasteiger partial charge in [-0.25, -0.2) is 0 Å². The number of aromatic amines is 1. The van der Waals surface area contributed by atoms with Crippen molar-refractivity contribution >= 4 is 21.8 Å². The summed E-state index contributed by atoms with van der Waals surface area (Å²) in [6, 6.07) is 0. The molecule has 0 saturated heterocycles. The largest absolute Gasteiger partial charge is 0.352 e. The van der Waals surface area contributed by atoms with Crippen LogP contribution in [0.4, 0.5) is 0 Å². The van der Waals surface area contributed by atoms with Gasteiger partial charge in [0, 0.05) is 17.6 Å². The number of aromatic nitrogens is 2. The van der Waals surface area contributed by atoms with Crippen molar-refractivity contribution < 1.29 is 4.79 Å². The predicted molar refractivity (Wildman–Crippen MR) is 67.8 cm³/mol. The Hall–Kier alpha value is -0.840. The molecular formula is C11H18BrN3O. The van der Waals surface area contributed by atoms with Crippen LogP contribution in [0.2, 0.25) is 0 Å². The van der Waals surface area contributed by atoms with Crippen LogP contribution in [-0.4, -0.2) is 28.0 Å². The highest BCUT2D eigenvalue weighted by atomic mass is 79.9. The number of amides is 1. The molecule has 0 aliphatic heterocycles. The van der Waals surface area contributed by atoms with Crippen LogP contribution in [0.3, 0.4) is 0 Å². The van der Waals surface area contributed by atoms with Crippen LogP contribution in [-0.2, 0) is 0 Å². The van der Waals surface area contributed by atoms with Crippen LogP contribution < -0.4 is 5.32 Å². The van der Waals surface area contributed by atoms with Crippen molar-refractivity contribution in [2.75, 3.05) is 11.9 Å². The molecule has 0 radical (unpaired) electrons. The maximum absolute atomic E-state index is 11.7. The zero-order chi connectivity index (χ0) is 12.0. The molecule has 0 fully saturated rings. The van der Waals surface area contributed by atoms with E-state index < -0.39 is 0 Å². The molecule has 0 bridgehead atoms. The molecule has 0 saturated carbocycles. The summed E-state index contributed by atoms with van der Waals surface area (Å²) in [5.74, 6) is 0.616. The molecule has 1 heterocycles. The number of nitrogens with zero attached hydrogens (tertiary/aromatic N) is 1. The maximum atomic E-state index is 11.7. The fourth-order valence-corrected chi connectivity index (χ4v) is 1.73. The van der Waals surface area contributed by atoms with Gasteiger partial charge in [0.05, 0.1) is 11.8 Å². The highest BCUT2D eigenvalue weighted by molar-refractivity contribution is 9.09. The third kappa shape index (κ3) is 3.96. The molecule has 1 aromatic rings. The lowest BCUT2D eigenvalue weighted by atomic mass is 10.1. The summed E-state index contributed by atoms with van der Waals surface area (Å²) in [4.78, 5) is 11.7. The standard InChI is InChI=1S/C11H18BrN3O/c1-8(6-12)4-3-5-13-11(16)10-7-14-15-9(10)2/h7-8H,3-6H2,1-2H3,(H,13,16)(H,14,15). The van der Waals surface area contributed by atoms with Gasteiger partial charge in [-0.1, -0.05) is 22.9 Å². The van der Waals surface area contributed by atoms with Crippen LogP contribution in [0, 0.1) is 12.8 Å². The Morgan fingerprint density at radius 2 is 2.44 bits per heavy atom. The number of rotatable bonds is 6. The molecule has 1 aromatic heterocycles. The van der Waals surface area contributed by atoms with Crippen molar-refractivity contribution in [1.82, 2.24) is 15.5 Å². The lowest BCUT2D eigenvalue weighted by molar-refractivity contribution is 0.0952. The minimum atomic E-state index is -0.0438. The molecule has 5 heteroatoms. The van der Waals surface area contributed by atoms with Crippen LogP contribution in [0.1, 0.15) is 35.8 Å². The molecule has 0 aromatic carbocycles. The number of carbonyl (C=O) groups is 1. The number of aryl methyl sites for hydroxylation is 1. The van der Waals surface area contributed by atoms with Gasteiger partial charge in [-0.2, -0.15) is 5.10 Å². The highest BCUT2D eigenvalue weighted by Crippen LogP contribution is 2.08. The topological polar surface area (TPSA) is 57.8 Å². The van der Waals surface area contributed by atoms with Crippen LogP contribution in [0.25, 0.3) is 0 Å². The van der Waals surface area contributed by atoms with E-state index in [2.05, 4.69) is 38.4 Å². The van der Waals surface area contributed by atoms with E-state index in [1.54, 1.807) is 6.20 Å². The zero-order valence-electron chi connectivity index (χ0n) is 9.72. The second-order valence-corrected chi connectivity index (χ2v) is 4.71. The van der Waals surface area contributed by atoms with E-state index in [9.17, 15) is 4.79 Å². The number of H-pyrrole nitrogens is 1. The third-order valence-corrected chi connectivity index (χ3v) is 3.60. The number of alkyl halides is 1. The Kier molecular flexibility index (Phi) is 5.52. The molecule has 0 aliphatic carbocycles. The monoisotopic (exact) mass is 287 g/mol. The van der Waals surface area contributed by atoms with Gasteiger partial charge in [0.2, 0.25) is 0 Å². The van der Waals surface area contributed by atoms with Gasteiger partial charge in [-0.15, -0.1) is 0 Å². The quantitative estimate of drug-likeness (QED) is 0.623. The smallest absolute Gasteiger partial charge is 0.254 e. The first-order valence-electron chi connectivity index (χ1n) is 5.49. The number of nitrogens with one attached hydrogen (secondary N) is 2. The minimum absolute atomic E-state index is 0.0438. The zero-order valence-corrected chi connectivity index (χ0v) is 11.3. The maximum Gasteiger partial charge on any atom is 0.254 e. The summed E-state index contributed by atoms with van der Waals surface area (Å²) in [6.45, 7) is 4.76. The molecule has 16 heavy (non-hydrogen) atoms. The lowest BCUT2D eigenvalue weighted by Crippen LogP contribution is -2.25. The van der Waals surface area contributed by atoms with Crippen LogP contribution in [0.5, 0.6) is 0 Å². The fourth-order valence-electron chi connectivity index (χ4n) is 1.40. The average molecular weight is 288 g/mol. The van der Waals surface area contributed by atoms with E-state index in [4.69, 9.17) is 0 Å². The van der Waals surface area contributed by atoms with Gasteiger partial charge in [0.15, 0.2) is 0 Å². The van der Waals surface area contributed by atoms with E-state index in [1.165, 1.54) is 0 Å². The number of hydrogen-bond donors (Lipinski definition) is 2. The van der Waals surface area contributed by atoms with Crippen molar-refractivity contribution in [2.45, 2.75) is 26.7 Å². The molecule has 1 amide bonds.